The predicted molar refractivity (Wildman–Crippen MR) is 115 cm³/mol. The number of carbonyl (C=O) groups is 2. The number of rotatable bonds is 6. The topological polar surface area (TPSA) is 154 Å². The molecule has 0 unspecified atom stereocenters. The van der Waals surface area contributed by atoms with E-state index in [0.29, 0.717) is 0 Å². The van der Waals surface area contributed by atoms with Crippen LogP contribution in [0, 0.1) is 20.2 Å². The number of alkyl carbamates (subject to hydrolysis) is 1. The minimum absolute atomic E-state index is 0.0120. The number of fused-ring (bicyclic) bond motifs is 1. The van der Waals surface area contributed by atoms with Gasteiger partial charge in [-0.2, -0.15) is 0 Å². The highest BCUT2D eigenvalue weighted by Crippen LogP contribution is 2.42. The number of benzene rings is 1. The van der Waals surface area contributed by atoms with Crippen molar-refractivity contribution in [1.29, 1.82) is 0 Å². The molecule has 2 amide bonds. The highest BCUT2D eigenvalue weighted by Gasteiger charge is 2.40. The second kappa shape index (κ2) is 9.07. The van der Waals surface area contributed by atoms with E-state index in [-0.39, 0.29) is 36.5 Å². The van der Waals surface area contributed by atoms with Crippen molar-refractivity contribution >= 4 is 29.1 Å². The summed E-state index contributed by atoms with van der Waals surface area (Å²) in [7, 11) is 0. The van der Waals surface area contributed by atoms with Crippen LogP contribution >= 0.6 is 0 Å². The van der Waals surface area contributed by atoms with E-state index in [1.165, 1.54) is 0 Å². The molecule has 0 radical (unpaired) electrons. The summed E-state index contributed by atoms with van der Waals surface area (Å²) in [5.74, 6) is -0.692. The van der Waals surface area contributed by atoms with Crippen LogP contribution in [0.2, 0.25) is 0 Å². The van der Waals surface area contributed by atoms with Crippen LogP contribution in [-0.4, -0.2) is 52.2 Å². The second-order valence-corrected chi connectivity index (χ2v) is 9.31. The maximum Gasteiger partial charge on any atom is 0.408 e. The number of nitro benzene ring substituents is 2. The molecule has 12 nitrogen and oxygen atoms in total. The summed E-state index contributed by atoms with van der Waals surface area (Å²) < 4.78 is 10.9. The van der Waals surface area contributed by atoms with Gasteiger partial charge in [-0.05, 0) is 48.0 Å². The van der Waals surface area contributed by atoms with Crippen LogP contribution in [0.25, 0.3) is 0 Å². The molecule has 0 saturated heterocycles. The van der Waals surface area contributed by atoms with Crippen LogP contribution in [0.15, 0.2) is 12.1 Å². The third-order valence-electron chi connectivity index (χ3n) is 4.42. The molecule has 0 aromatic heterocycles. The molecule has 0 bridgehead atoms. The molecule has 0 fully saturated rings. The summed E-state index contributed by atoms with van der Waals surface area (Å²) in [5, 5.41) is 25.4. The smallest absolute Gasteiger partial charge is 0.408 e. The largest absolute Gasteiger partial charge is 0.444 e. The molecule has 0 spiro atoms. The Morgan fingerprint density at radius 3 is 2.12 bits per heavy atom. The maximum atomic E-state index is 13.4. The zero-order valence-electron chi connectivity index (χ0n) is 19.0. The number of amides is 2. The standard InChI is InChI=1S/C20H28N4O8/c1-19(2,3)31-11-13(21-18(26)32-20(4,5)6)17(25)22-10-9-12-14(23(27)28)7-8-15(16(12)22)24(29)30/h7-8,13H,9-11H2,1-6H3,(H,21,26)/t13-/m0/s1. The van der Waals surface area contributed by atoms with E-state index in [9.17, 15) is 29.8 Å². The predicted octanol–water partition coefficient (Wildman–Crippen LogP) is 3.10. The molecule has 1 aromatic rings. The Kier molecular flexibility index (Phi) is 7.08. The Hall–Kier alpha value is -3.28. The fraction of sp³-hybridized carbons (Fsp3) is 0.600. The number of nitrogens with zero attached hydrogens (tertiary/aromatic N) is 3. The average molecular weight is 452 g/mol. The summed E-state index contributed by atoms with van der Waals surface area (Å²) in [6.45, 7) is 10.0. The lowest BCUT2D eigenvalue weighted by Crippen LogP contribution is -2.52. The average Bonchev–Trinajstić information content (AvgIpc) is 3.06. The number of hydrogen-bond donors (Lipinski definition) is 1. The van der Waals surface area contributed by atoms with E-state index in [2.05, 4.69) is 5.32 Å². The molecule has 176 valence electrons. The molecule has 32 heavy (non-hydrogen) atoms. The first-order chi connectivity index (χ1) is 14.6. The molecule has 1 aliphatic rings. The summed E-state index contributed by atoms with van der Waals surface area (Å²) in [5.41, 5.74) is -2.22. The number of anilines is 1. The van der Waals surface area contributed by atoms with Crippen LogP contribution in [0.4, 0.5) is 21.9 Å². The van der Waals surface area contributed by atoms with Gasteiger partial charge >= 0.3 is 6.09 Å². The van der Waals surface area contributed by atoms with Crippen LogP contribution in [0.1, 0.15) is 47.1 Å². The molecule has 1 aliphatic heterocycles. The molecule has 1 N–H and O–H groups in total. The Morgan fingerprint density at radius 2 is 1.62 bits per heavy atom. The molecule has 12 heteroatoms. The molecule has 1 aromatic carbocycles. The lowest BCUT2D eigenvalue weighted by Gasteiger charge is -2.29. The molecule has 0 saturated carbocycles. The second-order valence-electron chi connectivity index (χ2n) is 9.31. The number of carbonyl (C=O) groups excluding carboxylic acids is 2. The molecule has 1 atom stereocenters. The van der Waals surface area contributed by atoms with E-state index in [0.717, 1.165) is 17.0 Å². The van der Waals surface area contributed by atoms with E-state index in [1.807, 2.05) is 0 Å². The van der Waals surface area contributed by atoms with Crippen molar-refractivity contribution in [3.05, 3.63) is 37.9 Å². The number of ether oxygens (including phenoxy) is 2. The molecular weight excluding hydrogens is 424 g/mol. The van der Waals surface area contributed by atoms with Gasteiger partial charge in [-0.1, -0.05) is 0 Å². The van der Waals surface area contributed by atoms with Gasteiger partial charge in [0.1, 0.15) is 17.3 Å². The van der Waals surface area contributed by atoms with Gasteiger partial charge in [-0.3, -0.25) is 25.0 Å². The normalized spacial score (nSPS) is 14.5. The van der Waals surface area contributed by atoms with Gasteiger partial charge in [-0.25, -0.2) is 4.79 Å². The van der Waals surface area contributed by atoms with Gasteiger partial charge in [0.15, 0.2) is 0 Å². The Morgan fingerprint density at radius 1 is 1.06 bits per heavy atom. The fourth-order valence-corrected chi connectivity index (χ4v) is 3.18. The van der Waals surface area contributed by atoms with Gasteiger partial charge in [0, 0.05) is 18.7 Å². The van der Waals surface area contributed by atoms with Crippen molar-refractivity contribution in [2.75, 3.05) is 18.1 Å². The third-order valence-corrected chi connectivity index (χ3v) is 4.42. The summed E-state index contributed by atoms with van der Waals surface area (Å²) in [6, 6.07) is 0.836. The van der Waals surface area contributed by atoms with Gasteiger partial charge in [0.2, 0.25) is 0 Å². The number of nitrogens with one attached hydrogen (secondary N) is 1. The molecule has 2 rings (SSSR count). The van der Waals surface area contributed by atoms with Gasteiger partial charge in [0.05, 0.1) is 27.6 Å². The minimum atomic E-state index is -1.23. The third kappa shape index (κ3) is 6.13. The van der Waals surface area contributed by atoms with Crippen molar-refractivity contribution in [2.45, 2.75) is 65.2 Å². The van der Waals surface area contributed by atoms with Crippen LogP contribution < -0.4 is 10.2 Å². The lowest BCUT2D eigenvalue weighted by atomic mass is 10.1. The van der Waals surface area contributed by atoms with Crippen LogP contribution in [0.5, 0.6) is 0 Å². The first-order valence-electron chi connectivity index (χ1n) is 10.0. The number of nitro groups is 2. The van der Waals surface area contributed by atoms with E-state index in [1.54, 1.807) is 41.5 Å². The summed E-state index contributed by atoms with van der Waals surface area (Å²) >= 11 is 0. The highest BCUT2D eigenvalue weighted by molar-refractivity contribution is 6.03. The van der Waals surface area contributed by atoms with Crippen molar-refractivity contribution in [3.63, 3.8) is 0 Å². The fourth-order valence-electron chi connectivity index (χ4n) is 3.18. The van der Waals surface area contributed by atoms with Crippen molar-refractivity contribution in [3.8, 4) is 0 Å². The summed E-state index contributed by atoms with van der Waals surface area (Å²) in [6.07, 6.45) is -0.792. The summed E-state index contributed by atoms with van der Waals surface area (Å²) in [4.78, 5) is 48.4. The first kappa shape index (κ1) is 25.0. The highest BCUT2D eigenvalue weighted by atomic mass is 16.6. The Labute approximate surface area is 185 Å². The van der Waals surface area contributed by atoms with Crippen molar-refractivity contribution in [1.82, 2.24) is 5.32 Å². The first-order valence-corrected chi connectivity index (χ1v) is 10.0. The van der Waals surface area contributed by atoms with Crippen molar-refractivity contribution in [2.24, 2.45) is 0 Å². The Balaban J connectivity index is 2.42. The molecule has 1 heterocycles. The lowest BCUT2D eigenvalue weighted by molar-refractivity contribution is -0.388. The van der Waals surface area contributed by atoms with E-state index < -0.39 is 44.8 Å². The van der Waals surface area contributed by atoms with E-state index in [4.69, 9.17) is 9.47 Å². The van der Waals surface area contributed by atoms with Crippen molar-refractivity contribution < 1.29 is 28.9 Å². The van der Waals surface area contributed by atoms with Gasteiger partial charge in [0.25, 0.3) is 17.3 Å². The quantitative estimate of drug-likeness (QED) is 0.510. The maximum absolute atomic E-state index is 13.4. The zero-order valence-corrected chi connectivity index (χ0v) is 19.0. The SMILES string of the molecule is CC(C)(C)OC[C@H](NC(=O)OC(C)(C)C)C(=O)N1CCc2c([N+](=O)[O-])ccc([N+](=O)[O-])c21. The van der Waals surface area contributed by atoms with Gasteiger partial charge in [-0.15, -0.1) is 0 Å². The monoisotopic (exact) mass is 452 g/mol. The minimum Gasteiger partial charge on any atom is -0.444 e. The molecular formula is C20H28N4O8. The Bertz CT molecular complexity index is 933. The number of hydrogen-bond acceptors (Lipinski definition) is 8. The van der Waals surface area contributed by atoms with Crippen LogP contribution in [0.3, 0.4) is 0 Å². The van der Waals surface area contributed by atoms with Crippen LogP contribution in [-0.2, 0) is 20.7 Å². The van der Waals surface area contributed by atoms with Gasteiger partial charge < -0.3 is 19.7 Å². The van der Waals surface area contributed by atoms with E-state index >= 15 is 0 Å². The molecule has 0 aliphatic carbocycles. The zero-order chi connectivity index (χ0) is 24.4.